The summed E-state index contributed by atoms with van der Waals surface area (Å²) < 4.78 is 5.09. The van der Waals surface area contributed by atoms with Gasteiger partial charge in [0.25, 0.3) is 0 Å². The largest absolute Gasteiger partial charge is 0.475 e. The summed E-state index contributed by atoms with van der Waals surface area (Å²) in [6, 6.07) is 7.86. The van der Waals surface area contributed by atoms with Gasteiger partial charge in [-0.05, 0) is 31.2 Å². The van der Waals surface area contributed by atoms with Crippen LogP contribution in [-0.2, 0) is 11.3 Å². The number of nitrogens with two attached hydrogens (primary N) is 1. The van der Waals surface area contributed by atoms with Gasteiger partial charge in [0.2, 0.25) is 0 Å². The molecule has 0 spiro atoms. The number of nitrogens with one attached hydrogen (secondary N) is 1. The lowest BCUT2D eigenvalue weighted by atomic mass is 10.2. The second-order valence-corrected chi connectivity index (χ2v) is 3.36. The van der Waals surface area contributed by atoms with E-state index in [0.717, 1.165) is 16.9 Å². The van der Waals surface area contributed by atoms with Crippen molar-refractivity contribution in [2.75, 3.05) is 5.32 Å². The van der Waals surface area contributed by atoms with Crippen molar-refractivity contribution >= 4 is 5.69 Å². The van der Waals surface area contributed by atoms with Crippen molar-refractivity contribution in [3.8, 4) is 0 Å². The van der Waals surface area contributed by atoms with Crippen LogP contribution in [0.3, 0.4) is 0 Å². The first kappa shape index (κ1) is 11.2. The molecular formula is C12H16N2O. The Hall–Kier alpha value is -1.90. The number of anilines is 1. The van der Waals surface area contributed by atoms with Crippen molar-refractivity contribution < 1.29 is 4.74 Å². The van der Waals surface area contributed by atoms with E-state index in [1.807, 2.05) is 31.2 Å². The van der Waals surface area contributed by atoms with Crippen molar-refractivity contribution in [2.24, 2.45) is 5.73 Å². The van der Waals surface area contributed by atoms with E-state index in [4.69, 9.17) is 10.5 Å². The Kier molecular flexibility index (Phi) is 3.80. The lowest BCUT2D eigenvalue weighted by molar-refractivity contribution is 0.197. The molecule has 3 nitrogen and oxygen atoms in total. The highest BCUT2D eigenvalue weighted by Crippen LogP contribution is 2.12. The molecule has 0 saturated carbocycles. The van der Waals surface area contributed by atoms with Crippen LogP contribution >= 0.6 is 0 Å². The molecule has 0 atom stereocenters. The van der Waals surface area contributed by atoms with Gasteiger partial charge in [-0.2, -0.15) is 0 Å². The highest BCUT2D eigenvalue weighted by Gasteiger charge is 1.95. The first-order chi connectivity index (χ1) is 7.08. The zero-order valence-electron chi connectivity index (χ0n) is 8.92. The first-order valence-electron chi connectivity index (χ1n) is 4.66. The monoisotopic (exact) mass is 204 g/mol. The minimum absolute atomic E-state index is 0.235. The molecule has 3 N–H and O–H groups in total. The van der Waals surface area contributed by atoms with Gasteiger partial charge >= 0.3 is 0 Å². The Labute approximate surface area is 90.2 Å². The summed E-state index contributed by atoms with van der Waals surface area (Å²) in [7, 11) is 0. The Morgan fingerprint density at radius 2 is 1.93 bits per heavy atom. The summed E-state index contributed by atoms with van der Waals surface area (Å²) in [4.78, 5) is 0. The smallest absolute Gasteiger partial charge is 0.176 e. The van der Waals surface area contributed by atoms with E-state index < -0.39 is 0 Å². The lowest BCUT2D eigenvalue weighted by Gasteiger charge is -2.07. The highest BCUT2D eigenvalue weighted by molar-refractivity contribution is 5.48. The van der Waals surface area contributed by atoms with Gasteiger partial charge in [-0.15, -0.1) is 0 Å². The normalized spacial score (nSPS) is 9.40. The summed E-state index contributed by atoms with van der Waals surface area (Å²) in [6.45, 7) is 9.59. The van der Waals surface area contributed by atoms with E-state index in [1.54, 1.807) is 0 Å². The van der Waals surface area contributed by atoms with Gasteiger partial charge in [-0.25, -0.2) is 0 Å². The Morgan fingerprint density at radius 3 is 2.40 bits per heavy atom. The molecule has 0 saturated heterocycles. The SMILES string of the molecule is C=C(C)Nc1ccc(COC(=C)N)cc1. The van der Waals surface area contributed by atoms with Gasteiger partial charge in [-0.3, -0.25) is 0 Å². The first-order valence-corrected chi connectivity index (χ1v) is 4.66. The van der Waals surface area contributed by atoms with E-state index in [1.165, 1.54) is 0 Å². The van der Waals surface area contributed by atoms with E-state index in [0.29, 0.717) is 6.61 Å². The molecule has 0 unspecified atom stereocenters. The molecule has 0 bridgehead atoms. The fourth-order valence-electron chi connectivity index (χ4n) is 1.11. The predicted octanol–water partition coefficient (Wildman–Crippen LogP) is 2.58. The predicted molar refractivity (Wildman–Crippen MR) is 63.0 cm³/mol. The van der Waals surface area contributed by atoms with Gasteiger partial charge in [0, 0.05) is 11.4 Å². The van der Waals surface area contributed by atoms with Crippen LogP contribution < -0.4 is 11.1 Å². The molecule has 1 aromatic rings. The second-order valence-electron chi connectivity index (χ2n) is 3.36. The van der Waals surface area contributed by atoms with Crippen molar-refractivity contribution in [1.82, 2.24) is 0 Å². The highest BCUT2D eigenvalue weighted by atomic mass is 16.5. The topological polar surface area (TPSA) is 47.3 Å². The molecule has 0 aliphatic carbocycles. The molecule has 0 aliphatic rings. The molecule has 0 aromatic heterocycles. The van der Waals surface area contributed by atoms with Crippen molar-refractivity contribution in [3.05, 3.63) is 54.6 Å². The summed E-state index contributed by atoms with van der Waals surface area (Å²) in [5.74, 6) is 0.235. The third kappa shape index (κ3) is 4.22. The van der Waals surface area contributed by atoms with Gasteiger partial charge in [0.05, 0.1) is 0 Å². The molecule has 0 fully saturated rings. The van der Waals surface area contributed by atoms with Crippen molar-refractivity contribution in [1.29, 1.82) is 0 Å². The van der Waals surface area contributed by atoms with Crippen LogP contribution in [0.5, 0.6) is 0 Å². The zero-order chi connectivity index (χ0) is 11.3. The minimum atomic E-state index is 0.235. The van der Waals surface area contributed by atoms with E-state index in [-0.39, 0.29) is 5.88 Å². The molecule has 1 aromatic carbocycles. The second kappa shape index (κ2) is 5.10. The van der Waals surface area contributed by atoms with E-state index in [2.05, 4.69) is 18.5 Å². The number of allylic oxidation sites excluding steroid dienone is 1. The van der Waals surface area contributed by atoms with Crippen LogP contribution in [-0.4, -0.2) is 0 Å². The average molecular weight is 204 g/mol. The summed E-state index contributed by atoms with van der Waals surface area (Å²) in [5, 5.41) is 3.12. The molecular weight excluding hydrogens is 188 g/mol. The average Bonchev–Trinajstić information content (AvgIpc) is 2.16. The van der Waals surface area contributed by atoms with Crippen LogP contribution in [0.25, 0.3) is 0 Å². The summed E-state index contributed by atoms with van der Waals surface area (Å²) >= 11 is 0. The third-order valence-corrected chi connectivity index (χ3v) is 1.74. The van der Waals surface area contributed by atoms with Crippen LogP contribution in [0.1, 0.15) is 12.5 Å². The molecule has 80 valence electrons. The molecule has 0 aliphatic heterocycles. The van der Waals surface area contributed by atoms with Crippen molar-refractivity contribution in [3.63, 3.8) is 0 Å². The van der Waals surface area contributed by atoms with E-state index in [9.17, 15) is 0 Å². The molecule has 0 amide bonds. The molecule has 15 heavy (non-hydrogen) atoms. The number of rotatable bonds is 5. The van der Waals surface area contributed by atoms with Crippen LogP contribution in [0.4, 0.5) is 5.69 Å². The molecule has 1 rings (SSSR count). The maximum Gasteiger partial charge on any atom is 0.176 e. The fraction of sp³-hybridized carbons (Fsp3) is 0.167. The quantitative estimate of drug-likeness (QED) is 0.725. The van der Waals surface area contributed by atoms with Gasteiger partial charge < -0.3 is 15.8 Å². The van der Waals surface area contributed by atoms with Gasteiger partial charge in [0.15, 0.2) is 5.88 Å². The maximum absolute atomic E-state index is 5.30. The zero-order valence-corrected chi connectivity index (χ0v) is 8.92. The number of hydrogen-bond acceptors (Lipinski definition) is 3. The standard InChI is InChI=1S/C12H16N2O/c1-9(2)14-12-6-4-11(5-7-12)8-15-10(3)13/h4-7,14H,1,3,8,13H2,2H3. The lowest BCUT2D eigenvalue weighted by Crippen LogP contribution is -2.01. The number of benzene rings is 1. The van der Waals surface area contributed by atoms with Crippen LogP contribution in [0.2, 0.25) is 0 Å². The molecule has 3 heteroatoms. The number of ether oxygens (including phenoxy) is 1. The van der Waals surface area contributed by atoms with Gasteiger partial charge in [0.1, 0.15) is 6.61 Å². The van der Waals surface area contributed by atoms with Crippen molar-refractivity contribution in [2.45, 2.75) is 13.5 Å². The minimum Gasteiger partial charge on any atom is -0.475 e. The summed E-state index contributed by atoms with van der Waals surface area (Å²) in [6.07, 6.45) is 0. The fourth-order valence-corrected chi connectivity index (χ4v) is 1.11. The third-order valence-electron chi connectivity index (χ3n) is 1.74. The van der Waals surface area contributed by atoms with E-state index >= 15 is 0 Å². The number of hydrogen-bond donors (Lipinski definition) is 2. The Balaban J connectivity index is 2.56. The summed E-state index contributed by atoms with van der Waals surface area (Å²) in [5.41, 5.74) is 8.27. The van der Waals surface area contributed by atoms with Gasteiger partial charge in [-0.1, -0.05) is 18.7 Å². The van der Waals surface area contributed by atoms with Crippen LogP contribution in [0.15, 0.2) is 49.0 Å². The van der Waals surface area contributed by atoms with Crippen LogP contribution in [0, 0.1) is 0 Å². The molecule has 0 heterocycles. The Bertz CT molecular complexity index is 354. The maximum atomic E-state index is 5.30. The molecule has 0 radical (unpaired) electrons. The Morgan fingerprint density at radius 1 is 1.33 bits per heavy atom.